The Kier molecular flexibility index (Phi) is 7.28. The van der Waals surface area contributed by atoms with Gasteiger partial charge in [-0.2, -0.15) is 0 Å². The summed E-state index contributed by atoms with van der Waals surface area (Å²) in [6, 6.07) is 0. The molecule has 0 aromatic carbocycles. The molecule has 2 aliphatic carbocycles. The fourth-order valence-electron chi connectivity index (χ4n) is 2.48. The van der Waals surface area contributed by atoms with Crippen LogP contribution in [-0.4, -0.2) is 4.26 Å². The van der Waals surface area contributed by atoms with Gasteiger partial charge in [-0.25, -0.2) is 0 Å². The van der Waals surface area contributed by atoms with Gasteiger partial charge in [0, 0.05) is 0 Å². The van der Waals surface area contributed by atoms with Gasteiger partial charge in [0.2, 0.25) is 0 Å². The molecule has 0 heterocycles. The van der Waals surface area contributed by atoms with Crippen molar-refractivity contribution in [3.63, 3.8) is 0 Å². The van der Waals surface area contributed by atoms with E-state index >= 15 is 0 Å². The van der Waals surface area contributed by atoms with E-state index in [1.54, 1.807) is 17.8 Å². The molecule has 0 saturated carbocycles. The van der Waals surface area contributed by atoms with Crippen molar-refractivity contribution in [3.05, 3.63) is 41.1 Å². The first-order valence-corrected chi connectivity index (χ1v) is 12.1. The van der Waals surface area contributed by atoms with E-state index in [0.29, 0.717) is 0 Å². The van der Waals surface area contributed by atoms with Gasteiger partial charge in [-0.3, -0.25) is 0 Å². The van der Waals surface area contributed by atoms with Gasteiger partial charge in [0.1, 0.15) is 0 Å². The Morgan fingerprint density at radius 1 is 0.833 bits per heavy atom. The summed E-state index contributed by atoms with van der Waals surface area (Å²) in [7, 11) is 0. The molecule has 0 bridgehead atoms. The second kappa shape index (κ2) is 7.17. The summed E-state index contributed by atoms with van der Waals surface area (Å²) >= 11 is -1.88. The summed E-state index contributed by atoms with van der Waals surface area (Å²) < 4.78 is 8.07. The maximum atomic E-state index is 4.60. The molecule has 0 fully saturated rings. The predicted octanol–water partition coefficient (Wildman–Crippen LogP) is 5.13. The summed E-state index contributed by atoms with van der Waals surface area (Å²) in [6.45, 7) is 9.05. The van der Waals surface area contributed by atoms with Gasteiger partial charge in [0.15, 0.2) is 0 Å². The quantitative estimate of drug-likeness (QED) is 0.511. The molecule has 0 N–H and O–H groups in total. The fraction of sp³-hybridized carbons (Fsp3) is 0.400. The van der Waals surface area contributed by atoms with E-state index in [4.69, 9.17) is 0 Å². The summed E-state index contributed by atoms with van der Waals surface area (Å²) in [5, 5.41) is 0. The SMILES string of the molecule is Cl.Cl.[CH2]=[Hf]([C]1=C(C)C(C)=CC1)[C]1=C(C)C(C)=CC1. The van der Waals surface area contributed by atoms with Crippen LogP contribution < -0.4 is 0 Å². The Balaban J connectivity index is 0.00000144. The van der Waals surface area contributed by atoms with Crippen LogP contribution in [0.3, 0.4) is 0 Å². The predicted molar refractivity (Wildman–Crippen MR) is 83.8 cm³/mol. The fourth-order valence-corrected chi connectivity index (χ4v) is 11.0. The van der Waals surface area contributed by atoms with Crippen molar-refractivity contribution in [2.75, 3.05) is 0 Å². The molecule has 2 rings (SSSR count). The minimum absolute atomic E-state index is 0. The van der Waals surface area contributed by atoms with Crippen molar-refractivity contribution >= 4 is 29.1 Å². The molecule has 0 atom stereocenters. The molecule has 2 aliphatic rings. The van der Waals surface area contributed by atoms with Crippen molar-refractivity contribution in [3.8, 4) is 0 Å². The molecule has 0 amide bonds. The molecular formula is C15H22Cl2Hf. The molecular weight excluding hydrogens is 430 g/mol. The minimum atomic E-state index is -1.88. The van der Waals surface area contributed by atoms with Gasteiger partial charge in [-0.05, 0) is 0 Å². The van der Waals surface area contributed by atoms with Crippen LogP contribution in [0.25, 0.3) is 0 Å². The van der Waals surface area contributed by atoms with Crippen molar-refractivity contribution in [1.29, 1.82) is 0 Å². The third-order valence-electron chi connectivity index (χ3n) is 4.04. The summed E-state index contributed by atoms with van der Waals surface area (Å²) in [6.07, 6.45) is 7.15. The summed E-state index contributed by atoms with van der Waals surface area (Å²) in [4.78, 5) is 0. The van der Waals surface area contributed by atoms with Crippen LogP contribution in [0, 0.1) is 0 Å². The number of hydrogen-bond acceptors (Lipinski definition) is 0. The standard InChI is InChI=1S/2C7H9.CH2.2ClH.Hf/c2*1-6-4-3-5-7(6)2;;;;/h2*4H,3H2,1-2H3;1H2;2*1H;. The van der Waals surface area contributed by atoms with Crippen molar-refractivity contribution in [1.82, 2.24) is 0 Å². The number of allylic oxidation sites excluding steroid dienone is 8. The van der Waals surface area contributed by atoms with Crippen LogP contribution in [0.1, 0.15) is 40.5 Å². The monoisotopic (exact) mass is 452 g/mol. The Hall–Kier alpha value is 0.280. The maximum absolute atomic E-state index is 4.60. The normalized spacial score (nSPS) is 18.2. The summed E-state index contributed by atoms with van der Waals surface area (Å²) in [5.74, 6) is 0. The molecule has 0 spiro atoms. The van der Waals surface area contributed by atoms with Crippen molar-refractivity contribution < 1.29 is 21.0 Å². The molecule has 0 saturated heterocycles. The average molecular weight is 452 g/mol. The third-order valence-corrected chi connectivity index (χ3v) is 13.4. The Morgan fingerprint density at radius 2 is 1.17 bits per heavy atom. The molecule has 0 aromatic rings. The first kappa shape index (κ1) is 18.3. The number of rotatable bonds is 2. The Labute approximate surface area is 131 Å². The summed E-state index contributed by atoms with van der Waals surface area (Å²) in [5.41, 5.74) is 6.09. The molecule has 0 radical (unpaired) electrons. The van der Waals surface area contributed by atoms with Crippen LogP contribution >= 0.6 is 24.8 Å². The van der Waals surface area contributed by atoms with Crippen LogP contribution in [0.15, 0.2) is 41.1 Å². The van der Waals surface area contributed by atoms with Gasteiger partial charge >= 0.3 is 107 Å². The topological polar surface area (TPSA) is 0 Å². The Morgan fingerprint density at radius 3 is 1.39 bits per heavy atom. The van der Waals surface area contributed by atoms with Crippen LogP contribution in [0.5, 0.6) is 0 Å². The second-order valence-electron chi connectivity index (χ2n) is 4.87. The van der Waals surface area contributed by atoms with Gasteiger partial charge in [0.05, 0.1) is 0 Å². The second-order valence-corrected chi connectivity index (χ2v) is 12.6. The van der Waals surface area contributed by atoms with E-state index in [1.807, 2.05) is 0 Å². The van der Waals surface area contributed by atoms with E-state index in [1.165, 1.54) is 24.0 Å². The van der Waals surface area contributed by atoms with Crippen LogP contribution in [0.4, 0.5) is 0 Å². The van der Waals surface area contributed by atoms with Crippen LogP contribution in [0.2, 0.25) is 0 Å². The van der Waals surface area contributed by atoms with E-state index in [9.17, 15) is 0 Å². The molecule has 0 aliphatic heterocycles. The molecule has 0 aromatic heterocycles. The Bertz CT molecular complexity index is 447. The first-order chi connectivity index (χ1) is 7.52. The van der Waals surface area contributed by atoms with Gasteiger partial charge in [-0.15, -0.1) is 24.8 Å². The van der Waals surface area contributed by atoms with Crippen molar-refractivity contribution in [2.24, 2.45) is 0 Å². The molecule has 100 valence electrons. The van der Waals surface area contributed by atoms with E-state index in [2.05, 4.69) is 44.1 Å². The average Bonchev–Trinajstić information content (AvgIpc) is 2.74. The molecule has 18 heavy (non-hydrogen) atoms. The zero-order valence-electron chi connectivity index (χ0n) is 11.6. The molecule has 3 heteroatoms. The zero-order chi connectivity index (χ0) is 11.9. The number of halogens is 2. The van der Waals surface area contributed by atoms with Crippen LogP contribution in [-0.2, 0) is 21.0 Å². The van der Waals surface area contributed by atoms with Gasteiger partial charge in [0.25, 0.3) is 0 Å². The zero-order valence-corrected chi connectivity index (χ0v) is 16.8. The van der Waals surface area contributed by atoms with Gasteiger partial charge < -0.3 is 0 Å². The molecule has 0 unspecified atom stereocenters. The van der Waals surface area contributed by atoms with E-state index in [0.717, 1.165) is 0 Å². The van der Waals surface area contributed by atoms with Gasteiger partial charge in [-0.1, -0.05) is 0 Å². The van der Waals surface area contributed by atoms with E-state index < -0.39 is 21.0 Å². The molecule has 0 nitrogen and oxygen atoms in total. The van der Waals surface area contributed by atoms with Crippen molar-refractivity contribution in [2.45, 2.75) is 40.5 Å². The first-order valence-electron chi connectivity index (χ1n) is 5.95. The number of hydrogen-bond donors (Lipinski definition) is 0. The van der Waals surface area contributed by atoms with E-state index in [-0.39, 0.29) is 24.8 Å². The third kappa shape index (κ3) is 3.23.